The normalized spacial score (nSPS) is 11.1. The Morgan fingerprint density at radius 3 is 2.78 bits per heavy atom. The lowest BCUT2D eigenvalue weighted by Gasteiger charge is -2.05. The zero-order valence-electron chi connectivity index (χ0n) is 11.2. The average Bonchev–Trinajstić information content (AvgIpc) is 2.68. The first kappa shape index (κ1) is 12.7. The maximum atomic E-state index is 5.92. The number of aromatic nitrogens is 1. The summed E-state index contributed by atoms with van der Waals surface area (Å²) >= 11 is 0. The van der Waals surface area contributed by atoms with E-state index in [-0.39, 0.29) is 0 Å². The Kier molecular flexibility index (Phi) is 3.70. The third-order valence-electron chi connectivity index (χ3n) is 3.04. The van der Waals surface area contributed by atoms with Gasteiger partial charge in [-0.05, 0) is 24.8 Å². The lowest BCUT2D eigenvalue weighted by atomic mass is 9.99. The fourth-order valence-electron chi connectivity index (χ4n) is 2.04. The molecule has 3 heteroatoms. The smallest absolute Gasteiger partial charge is 0.175 e. The second-order valence-corrected chi connectivity index (χ2v) is 5.17. The van der Waals surface area contributed by atoms with Gasteiger partial charge in [0.25, 0.3) is 0 Å². The maximum Gasteiger partial charge on any atom is 0.175 e. The molecule has 0 fully saturated rings. The summed E-state index contributed by atoms with van der Waals surface area (Å²) in [6.07, 6.45) is 1.96. The molecule has 0 aliphatic heterocycles. The van der Waals surface area contributed by atoms with Crippen molar-refractivity contribution in [2.75, 3.05) is 5.73 Å². The summed E-state index contributed by atoms with van der Waals surface area (Å²) in [7, 11) is 0. The van der Waals surface area contributed by atoms with Crippen LogP contribution in [0.4, 0.5) is 5.82 Å². The largest absolute Gasteiger partial charge is 0.380 e. The van der Waals surface area contributed by atoms with Crippen LogP contribution >= 0.6 is 0 Å². The van der Waals surface area contributed by atoms with Gasteiger partial charge < -0.3 is 10.3 Å². The van der Waals surface area contributed by atoms with Crippen molar-refractivity contribution in [3.05, 3.63) is 35.6 Å². The fraction of sp³-hybridized carbons (Fsp3) is 0.400. The fourth-order valence-corrected chi connectivity index (χ4v) is 2.04. The molecule has 0 spiro atoms. The van der Waals surface area contributed by atoms with Crippen molar-refractivity contribution in [2.45, 2.75) is 33.6 Å². The monoisotopic (exact) mass is 244 g/mol. The van der Waals surface area contributed by atoms with E-state index in [0.717, 1.165) is 29.7 Å². The van der Waals surface area contributed by atoms with E-state index in [4.69, 9.17) is 10.3 Å². The minimum atomic E-state index is 0.486. The zero-order valence-corrected chi connectivity index (χ0v) is 11.2. The van der Waals surface area contributed by atoms with Crippen molar-refractivity contribution in [3.63, 3.8) is 0 Å². The number of benzene rings is 1. The van der Waals surface area contributed by atoms with Crippen LogP contribution in [0.1, 0.15) is 31.6 Å². The lowest BCUT2D eigenvalue weighted by molar-refractivity contribution is 0.376. The van der Waals surface area contributed by atoms with Crippen molar-refractivity contribution in [1.82, 2.24) is 5.16 Å². The number of hydrogen-bond donors (Lipinski definition) is 1. The molecule has 1 heterocycles. The van der Waals surface area contributed by atoms with E-state index in [2.05, 4.69) is 44.1 Å². The Bertz CT molecular complexity index is 529. The number of aryl methyl sites for hydroxylation is 2. The van der Waals surface area contributed by atoms with Crippen LogP contribution in [0, 0.1) is 12.8 Å². The molecule has 0 saturated carbocycles. The quantitative estimate of drug-likeness (QED) is 0.889. The van der Waals surface area contributed by atoms with Gasteiger partial charge in [0.2, 0.25) is 0 Å². The molecular formula is C15H20N2O. The van der Waals surface area contributed by atoms with Crippen LogP contribution in [0.15, 0.2) is 28.8 Å². The summed E-state index contributed by atoms with van der Waals surface area (Å²) in [5.74, 6) is 2.02. The van der Waals surface area contributed by atoms with Gasteiger partial charge >= 0.3 is 0 Å². The van der Waals surface area contributed by atoms with Crippen LogP contribution in [0.5, 0.6) is 0 Å². The van der Waals surface area contributed by atoms with Crippen molar-refractivity contribution in [1.29, 1.82) is 0 Å². The third-order valence-corrected chi connectivity index (χ3v) is 3.04. The number of anilines is 1. The molecule has 1 aromatic carbocycles. The van der Waals surface area contributed by atoms with E-state index in [1.165, 1.54) is 5.56 Å². The highest BCUT2D eigenvalue weighted by Crippen LogP contribution is 2.31. The van der Waals surface area contributed by atoms with Gasteiger partial charge in [0.15, 0.2) is 5.82 Å². The molecule has 0 saturated heterocycles. The lowest BCUT2D eigenvalue weighted by Crippen LogP contribution is -1.94. The number of nitrogens with zero attached hydrogens (tertiary/aromatic N) is 1. The van der Waals surface area contributed by atoms with E-state index in [0.29, 0.717) is 11.7 Å². The molecule has 0 aliphatic carbocycles. The predicted octanol–water partition coefficient (Wildman–Crippen LogP) is 3.82. The third kappa shape index (κ3) is 2.73. The Balaban J connectivity index is 2.34. The SMILES string of the molecule is Cc1cccc(-c2c(N)noc2CCC(C)C)c1. The van der Waals surface area contributed by atoms with Crippen molar-refractivity contribution in [2.24, 2.45) is 5.92 Å². The van der Waals surface area contributed by atoms with Crippen molar-refractivity contribution >= 4 is 5.82 Å². The van der Waals surface area contributed by atoms with Gasteiger partial charge in [-0.15, -0.1) is 0 Å². The van der Waals surface area contributed by atoms with Crippen LogP contribution < -0.4 is 5.73 Å². The van der Waals surface area contributed by atoms with Gasteiger partial charge in [-0.3, -0.25) is 0 Å². The molecule has 3 nitrogen and oxygen atoms in total. The van der Waals surface area contributed by atoms with Crippen LogP contribution in [0.25, 0.3) is 11.1 Å². The topological polar surface area (TPSA) is 52.0 Å². The molecule has 0 atom stereocenters. The number of rotatable bonds is 4. The summed E-state index contributed by atoms with van der Waals surface area (Å²) < 4.78 is 5.37. The predicted molar refractivity (Wildman–Crippen MR) is 74.2 cm³/mol. The summed E-state index contributed by atoms with van der Waals surface area (Å²) in [6.45, 7) is 6.47. The molecule has 0 unspecified atom stereocenters. The number of nitrogens with two attached hydrogens (primary N) is 1. The first-order valence-corrected chi connectivity index (χ1v) is 6.39. The molecule has 0 radical (unpaired) electrons. The van der Waals surface area contributed by atoms with E-state index < -0.39 is 0 Å². The van der Waals surface area contributed by atoms with Gasteiger partial charge in [0, 0.05) is 6.42 Å². The number of nitrogen functional groups attached to an aromatic ring is 1. The number of hydrogen-bond acceptors (Lipinski definition) is 3. The van der Waals surface area contributed by atoms with Gasteiger partial charge in [-0.2, -0.15) is 0 Å². The molecule has 2 N–H and O–H groups in total. The van der Waals surface area contributed by atoms with E-state index in [9.17, 15) is 0 Å². The molecule has 18 heavy (non-hydrogen) atoms. The Morgan fingerprint density at radius 1 is 1.33 bits per heavy atom. The minimum absolute atomic E-state index is 0.486. The standard InChI is InChI=1S/C15H20N2O/c1-10(2)7-8-13-14(15(16)17-18-13)12-6-4-5-11(3)9-12/h4-6,9-10H,7-8H2,1-3H3,(H2,16,17). The van der Waals surface area contributed by atoms with Gasteiger partial charge in [-0.25, -0.2) is 0 Å². The summed E-state index contributed by atoms with van der Waals surface area (Å²) in [4.78, 5) is 0. The highest BCUT2D eigenvalue weighted by atomic mass is 16.5. The Hall–Kier alpha value is -1.77. The Morgan fingerprint density at radius 2 is 2.11 bits per heavy atom. The maximum absolute atomic E-state index is 5.92. The zero-order chi connectivity index (χ0) is 13.1. The summed E-state index contributed by atoms with van der Waals surface area (Å²) in [5.41, 5.74) is 9.18. The van der Waals surface area contributed by atoms with Crippen molar-refractivity contribution < 1.29 is 4.52 Å². The molecular weight excluding hydrogens is 224 g/mol. The molecule has 2 rings (SSSR count). The van der Waals surface area contributed by atoms with Crippen molar-refractivity contribution in [3.8, 4) is 11.1 Å². The molecule has 96 valence electrons. The van der Waals surface area contributed by atoms with Crippen LogP contribution in [0.3, 0.4) is 0 Å². The Labute approximate surface area is 108 Å². The van der Waals surface area contributed by atoms with Gasteiger partial charge in [0.1, 0.15) is 5.76 Å². The second-order valence-electron chi connectivity index (χ2n) is 5.17. The molecule has 1 aromatic heterocycles. The first-order chi connectivity index (χ1) is 8.58. The molecule has 0 bridgehead atoms. The second kappa shape index (κ2) is 5.25. The first-order valence-electron chi connectivity index (χ1n) is 6.39. The molecule has 0 aliphatic rings. The minimum Gasteiger partial charge on any atom is -0.380 e. The molecule has 0 amide bonds. The highest BCUT2D eigenvalue weighted by molar-refractivity contribution is 5.75. The van der Waals surface area contributed by atoms with Crippen LogP contribution in [0.2, 0.25) is 0 Å². The highest BCUT2D eigenvalue weighted by Gasteiger charge is 2.15. The molecule has 2 aromatic rings. The van der Waals surface area contributed by atoms with Crippen LogP contribution in [-0.4, -0.2) is 5.16 Å². The van der Waals surface area contributed by atoms with Crippen LogP contribution in [-0.2, 0) is 6.42 Å². The average molecular weight is 244 g/mol. The van der Waals surface area contributed by atoms with Gasteiger partial charge in [-0.1, -0.05) is 48.8 Å². The summed E-state index contributed by atoms with van der Waals surface area (Å²) in [6, 6.07) is 8.26. The van der Waals surface area contributed by atoms with E-state index in [1.807, 2.05) is 6.07 Å². The van der Waals surface area contributed by atoms with E-state index in [1.54, 1.807) is 0 Å². The summed E-state index contributed by atoms with van der Waals surface area (Å²) in [5, 5.41) is 3.90. The van der Waals surface area contributed by atoms with E-state index >= 15 is 0 Å². The van der Waals surface area contributed by atoms with Gasteiger partial charge in [0.05, 0.1) is 5.56 Å².